The molecule has 0 aliphatic carbocycles. The second-order valence-electron chi connectivity index (χ2n) is 8.99. The van der Waals surface area contributed by atoms with Crippen LogP contribution in [0, 0.1) is 11.7 Å². The first-order valence-corrected chi connectivity index (χ1v) is 12.9. The fraction of sp³-hybridized carbons (Fsp3) is 0.517. The lowest BCUT2D eigenvalue weighted by atomic mass is 10.1. The molecule has 0 saturated carbocycles. The molecule has 0 fully saturated rings. The van der Waals surface area contributed by atoms with Crippen LogP contribution in [-0.2, 0) is 4.74 Å². The van der Waals surface area contributed by atoms with Crippen molar-refractivity contribution in [3.05, 3.63) is 59.4 Å². The highest BCUT2D eigenvalue weighted by Crippen LogP contribution is 2.20. The van der Waals surface area contributed by atoms with Crippen LogP contribution in [0.5, 0.6) is 11.5 Å². The lowest BCUT2D eigenvalue weighted by molar-refractivity contribution is 0.0447. The summed E-state index contributed by atoms with van der Waals surface area (Å²) in [6, 6.07) is 10.1. The van der Waals surface area contributed by atoms with Gasteiger partial charge in [0.15, 0.2) is 0 Å². The highest BCUT2D eigenvalue weighted by Gasteiger charge is 2.16. The quantitative estimate of drug-likeness (QED) is 0.138. The molecule has 2 rings (SSSR count). The van der Waals surface area contributed by atoms with Gasteiger partial charge in [-0.2, -0.15) is 0 Å². The van der Waals surface area contributed by atoms with E-state index in [0.717, 1.165) is 19.3 Å². The van der Waals surface area contributed by atoms with Crippen molar-refractivity contribution in [1.29, 1.82) is 0 Å². The molecule has 35 heavy (non-hydrogen) atoms. The van der Waals surface area contributed by atoms with Crippen molar-refractivity contribution < 1.29 is 28.2 Å². The number of carbonyl (C=O) groups is 2. The van der Waals surface area contributed by atoms with Gasteiger partial charge in [0.25, 0.3) is 0 Å². The topological polar surface area (TPSA) is 61.8 Å². The number of unbranched alkanes of at least 4 members (excludes halogenated alkanes) is 7. The molecule has 0 radical (unpaired) electrons. The van der Waals surface area contributed by atoms with E-state index in [2.05, 4.69) is 6.92 Å². The first kappa shape index (κ1) is 28.3. The van der Waals surface area contributed by atoms with E-state index in [1.54, 1.807) is 6.07 Å². The van der Waals surface area contributed by atoms with E-state index in [1.807, 2.05) is 13.8 Å². The molecule has 6 heteroatoms. The Morgan fingerprint density at radius 1 is 0.829 bits per heavy atom. The molecule has 192 valence electrons. The predicted molar refractivity (Wildman–Crippen MR) is 136 cm³/mol. The third kappa shape index (κ3) is 10.5. The number of carbonyl (C=O) groups excluding carboxylic acids is 2. The Balaban J connectivity index is 1.77. The Labute approximate surface area is 209 Å². The molecule has 0 bridgehead atoms. The van der Waals surface area contributed by atoms with Crippen LogP contribution in [0.3, 0.4) is 0 Å². The average molecular weight is 487 g/mol. The minimum absolute atomic E-state index is 0.179. The largest absolute Gasteiger partial charge is 0.493 e. The van der Waals surface area contributed by atoms with Gasteiger partial charge in [-0.05, 0) is 48.7 Å². The molecular weight excluding hydrogens is 447 g/mol. The molecule has 2 aromatic carbocycles. The molecule has 0 N–H and O–H groups in total. The average Bonchev–Trinajstić information content (AvgIpc) is 2.86. The Kier molecular flexibility index (Phi) is 12.9. The maximum absolute atomic E-state index is 14.5. The van der Waals surface area contributed by atoms with Crippen LogP contribution in [0.2, 0.25) is 0 Å². The Hall–Kier alpha value is -2.89. The van der Waals surface area contributed by atoms with Crippen LogP contribution in [0.15, 0.2) is 42.5 Å². The maximum Gasteiger partial charge on any atom is 0.346 e. The minimum atomic E-state index is -0.816. The first-order valence-electron chi connectivity index (χ1n) is 12.9. The van der Waals surface area contributed by atoms with Crippen molar-refractivity contribution in [3.8, 4) is 11.5 Å². The zero-order chi connectivity index (χ0) is 25.5. The maximum atomic E-state index is 14.5. The van der Waals surface area contributed by atoms with Gasteiger partial charge < -0.3 is 14.2 Å². The summed E-state index contributed by atoms with van der Waals surface area (Å²) in [7, 11) is 0. The van der Waals surface area contributed by atoms with Crippen LogP contribution < -0.4 is 9.47 Å². The number of rotatable bonds is 16. The second kappa shape index (κ2) is 15.9. The molecule has 0 aliphatic heterocycles. The molecule has 5 nitrogen and oxygen atoms in total. The molecule has 0 saturated heterocycles. The standard InChI is InChI=1S/C29H39FO5/c1-4-6-7-8-9-10-11-12-19-33-25-17-18-26(27(30)20-25)29(32)35-24-15-13-23(14-16-24)28(31)34-21-22(3)5-2/h13-18,20,22H,4-12,19,21H2,1-3H3/t22-/m0/s1. The fourth-order valence-corrected chi connectivity index (χ4v) is 3.42. The van der Waals surface area contributed by atoms with Crippen molar-refractivity contribution in [2.45, 2.75) is 78.6 Å². The molecule has 0 amide bonds. The lowest BCUT2D eigenvalue weighted by Gasteiger charge is -2.10. The molecule has 1 atom stereocenters. The summed E-state index contributed by atoms with van der Waals surface area (Å²) < 4.78 is 30.6. The summed E-state index contributed by atoms with van der Waals surface area (Å²) in [6.07, 6.45) is 10.5. The predicted octanol–water partition coefficient (Wildman–Crippen LogP) is 7.77. The van der Waals surface area contributed by atoms with E-state index in [9.17, 15) is 14.0 Å². The van der Waals surface area contributed by atoms with Crippen LogP contribution in [0.1, 0.15) is 99.3 Å². The number of esters is 2. The molecule has 0 aliphatic rings. The van der Waals surface area contributed by atoms with Crippen molar-refractivity contribution in [1.82, 2.24) is 0 Å². The van der Waals surface area contributed by atoms with Gasteiger partial charge >= 0.3 is 11.9 Å². The van der Waals surface area contributed by atoms with Gasteiger partial charge in [0.05, 0.1) is 24.3 Å². The van der Waals surface area contributed by atoms with E-state index in [4.69, 9.17) is 14.2 Å². The summed E-state index contributed by atoms with van der Waals surface area (Å²) in [5, 5.41) is 0. The Morgan fingerprint density at radius 3 is 2.09 bits per heavy atom. The zero-order valence-electron chi connectivity index (χ0n) is 21.3. The number of ether oxygens (including phenoxy) is 3. The van der Waals surface area contributed by atoms with Crippen LogP contribution in [-0.4, -0.2) is 25.2 Å². The summed E-state index contributed by atoms with van der Waals surface area (Å²) in [5.74, 6) is -1.06. The number of halogens is 1. The number of hydrogen-bond donors (Lipinski definition) is 0. The number of hydrogen-bond acceptors (Lipinski definition) is 5. The lowest BCUT2D eigenvalue weighted by Crippen LogP contribution is -2.12. The van der Waals surface area contributed by atoms with E-state index in [0.29, 0.717) is 24.5 Å². The molecule has 2 aromatic rings. The summed E-state index contributed by atoms with van der Waals surface area (Å²) in [4.78, 5) is 24.5. The Morgan fingerprint density at radius 2 is 1.46 bits per heavy atom. The van der Waals surface area contributed by atoms with Crippen LogP contribution >= 0.6 is 0 Å². The third-order valence-corrected chi connectivity index (χ3v) is 5.92. The van der Waals surface area contributed by atoms with Crippen molar-refractivity contribution in [3.63, 3.8) is 0 Å². The van der Waals surface area contributed by atoms with E-state index in [1.165, 1.54) is 74.9 Å². The monoisotopic (exact) mass is 486 g/mol. The Bertz CT molecular complexity index is 910. The van der Waals surface area contributed by atoms with Gasteiger partial charge in [-0.1, -0.05) is 72.1 Å². The summed E-state index contributed by atoms with van der Waals surface area (Å²) >= 11 is 0. The van der Waals surface area contributed by atoms with Gasteiger partial charge in [-0.25, -0.2) is 14.0 Å². The van der Waals surface area contributed by atoms with Crippen LogP contribution in [0.4, 0.5) is 4.39 Å². The number of benzene rings is 2. The third-order valence-electron chi connectivity index (χ3n) is 5.92. The summed E-state index contributed by atoms with van der Waals surface area (Å²) in [5.41, 5.74) is 0.179. The molecule has 0 heterocycles. The van der Waals surface area contributed by atoms with E-state index in [-0.39, 0.29) is 17.2 Å². The van der Waals surface area contributed by atoms with E-state index >= 15 is 0 Å². The normalized spacial score (nSPS) is 11.7. The highest BCUT2D eigenvalue weighted by atomic mass is 19.1. The zero-order valence-corrected chi connectivity index (χ0v) is 21.3. The second-order valence-corrected chi connectivity index (χ2v) is 8.99. The molecule has 0 unspecified atom stereocenters. The van der Waals surface area contributed by atoms with Crippen LogP contribution in [0.25, 0.3) is 0 Å². The van der Waals surface area contributed by atoms with Crippen molar-refractivity contribution in [2.24, 2.45) is 5.92 Å². The fourth-order valence-electron chi connectivity index (χ4n) is 3.42. The van der Waals surface area contributed by atoms with Gasteiger partial charge in [-0.15, -0.1) is 0 Å². The van der Waals surface area contributed by atoms with Gasteiger partial charge in [0.1, 0.15) is 17.3 Å². The SMILES string of the molecule is CCCCCCCCCCOc1ccc(C(=O)Oc2ccc(C(=O)OC[C@@H](C)CC)cc2)c(F)c1. The first-order chi connectivity index (χ1) is 16.9. The minimum Gasteiger partial charge on any atom is -0.493 e. The highest BCUT2D eigenvalue weighted by molar-refractivity contribution is 5.92. The van der Waals surface area contributed by atoms with Crippen molar-refractivity contribution in [2.75, 3.05) is 13.2 Å². The van der Waals surface area contributed by atoms with Gasteiger partial charge in [-0.3, -0.25) is 0 Å². The van der Waals surface area contributed by atoms with Gasteiger partial charge in [0.2, 0.25) is 0 Å². The van der Waals surface area contributed by atoms with Crippen molar-refractivity contribution >= 4 is 11.9 Å². The molecule has 0 aromatic heterocycles. The smallest absolute Gasteiger partial charge is 0.346 e. The summed E-state index contributed by atoms with van der Waals surface area (Å²) in [6.45, 7) is 7.12. The molecule has 0 spiro atoms. The van der Waals surface area contributed by atoms with E-state index < -0.39 is 17.8 Å². The van der Waals surface area contributed by atoms with Gasteiger partial charge in [0, 0.05) is 6.07 Å². The molecular formula is C29H39FO5.